The molecule has 2 N–H and O–H groups in total. The fraction of sp³-hybridized carbons (Fsp3) is 0.786. The number of aromatic nitrogens is 1. The average molecular weight is 300 g/mol. The van der Waals surface area contributed by atoms with E-state index in [4.69, 9.17) is 0 Å². The Bertz CT molecular complexity index is 425. The fourth-order valence-electron chi connectivity index (χ4n) is 2.25. The van der Waals surface area contributed by atoms with Crippen molar-refractivity contribution in [3.8, 4) is 0 Å². The van der Waals surface area contributed by atoms with Crippen LogP contribution in [0.15, 0.2) is 0 Å². The van der Waals surface area contributed by atoms with Crippen molar-refractivity contribution in [3.63, 3.8) is 0 Å². The molecule has 5 heteroatoms. The van der Waals surface area contributed by atoms with Crippen molar-refractivity contribution in [2.24, 2.45) is 0 Å². The van der Waals surface area contributed by atoms with E-state index in [1.165, 1.54) is 9.88 Å². The summed E-state index contributed by atoms with van der Waals surface area (Å²) in [6.45, 7) is 9.28. The Morgan fingerprint density at radius 2 is 2.16 bits per heavy atom. The van der Waals surface area contributed by atoms with Gasteiger partial charge in [0.25, 0.3) is 0 Å². The van der Waals surface area contributed by atoms with Gasteiger partial charge in [0.15, 0.2) is 0 Å². The zero-order valence-electron chi connectivity index (χ0n) is 12.2. The lowest BCUT2D eigenvalue weighted by Crippen LogP contribution is -2.41. The number of thioether (sulfide) groups is 1. The van der Waals surface area contributed by atoms with Gasteiger partial charge < -0.3 is 10.4 Å². The zero-order valence-corrected chi connectivity index (χ0v) is 13.8. The maximum Gasteiger partial charge on any atom is 0.0956 e. The van der Waals surface area contributed by atoms with Crippen LogP contribution in [0, 0.1) is 6.92 Å². The quantitative estimate of drug-likeness (QED) is 0.877. The number of aliphatic hydroxyl groups is 1. The van der Waals surface area contributed by atoms with Crippen molar-refractivity contribution < 1.29 is 5.11 Å². The number of nitrogens with zero attached hydrogens (tertiary/aromatic N) is 1. The molecule has 0 aliphatic carbocycles. The maximum absolute atomic E-state index is 10.4. The van der Waals surface area contributed by atoms with Gasteiger partial charge in [-0.15, -0.1) is 11.3 Å². The van der Waals surface area contributed by atoms with Gasteiger partial charge in [0.05, 0.1) is 16.3 Å². The molecule has 0 aromatic carbocycles. The predicted octanol–water partition coefficient (Wildman–Crippen LogP) is 3.09. The summed E-state index contributed by atoms with van der Waals surface area (Å²) in [6, 6.07) is 0.264. The van der Waals surface area contributed by atoms with Crippen molar-refractivity contribution in [2.75, 3.05) is 18.1 Å². The minimum absolute atomic E-state index is 0.264. The van der Waals surface area contributed by atoms with E-state index in [1.807, 2.05) is 11.8 Å². The van der Waals surface area contributed by atoms with Crippen LogP contribution in [-0.2, 0) is 0 Å². The molecule has 2 atom stereocenters. The first kappa shape index (κ1) is 15.3. The first-order valence-electron chi connectivity index (χ1n) is 6.92. The van der Waals surface area contributed by atoms with Crippen LogP contribution in [0.1, 0.15) is 54.7 Å². The molecule has 0 bridgehead atoms. The number of nitrogens with one attached hydrogen (secondary N) is 1. The topological polar surface area (TPSA) is 45.2 Å². The van der Waals surface area contributed by atoms with E-state index in [0.717, 1.165) is 23.6 Å². The number of hydrogen-bond acceptors (Lipinski definition) is 5. The summed E-state index contributed by atoms with van der Waals surface area (Å²) < 4.78 is 0. The van der Waals surface area contributed by atoms with Crippen LogP contribution in [0.4, 0.5) is 0 Å². The van der Waals surface area contributed by atoms with Crippen LogP contribution in [0.3, 0.4) is 0 Å². The van der Waals surface area contributed by atoms with Crippen molar-refractivity contribution in [1.82, 2.24) is 10.3 Å². The van der Waals surface area contributed by atoms with Crippen molar-refractivity contribution in [1.29, 1.82) is 0 Å². The lowest BCUT2D eigenvalue weighted by atomic mass is 10.0. The predicted molar refractivity (Wildman–Crippen MR) is 84.2 cm³/mol. The molecule has 19 heavy (non-hydrogen) atoms. The molecule has 0 amide bonds. The Hall–Kier alpha value is -0.100. The minimum Gasteiger partial charge on any atom is -0.388 e. The molecule has 1 saturated heterocycles. The molecular formula is C14H24N2OS2. The Morgan fingerprint density at radius 1 is 1.42 bits per heavy atom. The highest BCUT2D eigenvalue weighted by Gasteiger charge is 2.32. The van der Waals surface area contributed by atoms with Gasteiger partial charge in [0, 0.05) is 29.1 Å². The summed E-state index contributed by atoms with van der Waals surface area (Å²) in [4.78, 5) is 5.94. The van der Waals surface area contributed by atoms with Gasteiger partial charge in [-0.3, -0.25) is 0 Å². The maximum atomic E-state index is 10.4. The van der Waals surface area contributed by atoms with Crippen LogP contribution in [0.2, 0.25) is 0 Å². The molecule has 1 aromatic heterocycles. The molecule has 1 aliphatic heterocycles. The molecule has 1 fully saturated rings. The summed E-state index contributed by atoms with van der Waals surface area (Å²) in [7, 11) is 0. The van der Waals surface area contributed by atoms with E-state index in [1.54, 1.807) is 11.3 Å². The molecule has 0 unspecified atom stereocenters. The Kier molecular flexibility index (Phi) is 4.93. The number of rotatable bonds is 5. The molecular weight excluding hydrogens is 276 g/mol. The lowest BCUT2D eigenvalue weighted by molar-refractivity contribution is 0.0652. The highest BCUT2D eigenvalue weighted by atomic mass is 32.2. The first-order chi connectivity index (χ1) is 8.91. The van der Waals surface area contributed by atoms with Crippen LogP contribution < -0.4 is 5.32 Å². The second-order valence-electron chi connectivity index (χ2n) is 5.79. The third-order valence-electron chi connectivity index (χ3n) is 3.56. The van der Waals surface area contributed by atoms with Crippen molar-refractivity contribution in [3.05, 3.63) is 15.6 Å². The third-order valence-corrected chi connectivity index (χ3v) is 6.43. The van der Waals surface area contributed by atoms with Gasteiger partial charge in [-0.2, -0.15) is 11.8 Å². The van der Waals surface area contributed by atoms with Crippen molar-refractivity contribution >= 4 is 23.1 Å². The molecule has 2 heterocycles. The van der Waals surface area contributed by atoms with Crippen LogP contribution in [-0.4, -0.2) is 33.7 Å². The van der Waals surface area contributed by atoms with Gasteiger partial charge in [0.1, 0.15) is 0 Å². The highest BCUT2D eigenvalue weighted by molar-refractivity contribution is 7.99. The summed E-state index contributed by atoms with van der Waals surface area (Å²) in [5.41, 5.74) is 0.611. The van der Waals surface area contributed by atoms with E-state index in [-0.39, 0.29) is 6.04 Å². The molecule has 0 saturated carbocycles. The highest BCUT2D eigenvalue weighted by Crippen LogP contribution is 2.31. The summed E-state index contributed by atoms with van der Waals surface area (Å²) >= 11 is 3.64. The second kappa shape index (κ2) is 6.12. The average Bonchev–Trinajstić information content (AvgIpc) is 2.93. The Balaban J connectivity index is 1.97. The van der Waals surface area contributed by atoms with Crippen LogP contribution >= 0.6 is 23.1 Å². The molecule has 108 valence electrons. The monoisotopic (exact) mass is 300 g/mol. The van der Waals surface area contributed by atoms with Crippen molar-refractivity contribution in [2.45, 2.75) is 51.7 Å². The van der Waals surface area contributed by atoms with Gasteiger partial charge >= 0.3 is 0 Å². The molecule has 0 spiro atoms. The minimum atomic E-state index is -0.515. The lowest BCUT2D eigenvalue weighted by Gasteiger charge is -2.24. The van der Waals surface area contributed by atoms with E-state index in [2.05, 4.69) is 38.0 Å². The third kappa shape index (κ3) is 3.72. The number of thiazole rings is 1. The normalized spacial score (nSPS) is 25.2. The number of aryl methyl sites for hydroxylation is 1. The smallest absolute Gasteiger partial charge is 0.0956 e. The fourth-order valence-corrected chi connectivity index (χ4v) is 4.64. The van der Waals surface area contributed by atoms with Crippen LogP contribution in [0.25, 0.3) is 0 Å². The van der Waals surface area contributed by atoms with Gasteiger partial charge in [-0.05, 0) is 26.0 Å². The van der Waals surface area contributed by atoms with E-state index in [0.29, 0.717) is 12.5 Å². The largest absolute Gasteiger partial charge is 0.388 e. The van der Waals surface area contributed by atoms with Gasteiger partial charge in [-0.25, -0.2) is 4.98 Å². The summed E-state index contributed by atoms with van der Waals surface area (Å²) in [5.74, 6) is 2.41. The molecule has 1 aromatic rings. The SMILES string of the molecule is Cc1nc(C(C)C)sc1[C@H](C)NC[C@@]1(O)CCSC1. The standard InChI is InChI=1S/C14H24N2OS2/c1-9(2)13-16-11(4)12(19-13)10(3)15-7-14(17)5-6-18-8-14/h9-10,15,17H,5-8H2,1-4H3/t10-,14-/m0/s1. The van der Waals surface area contributed by atoms with E-state index >= 15 is 0 Å². The molecule has 2 rings (SSSR count). The Morgan fingerprint density at radius 3 is 2.68 bits per heavy atom. The molecule has 3 nitrogen and oxygen atoms in total. The first-order valence-corrected chi connectivity index (χ1v) is 8.89. The summed E-state index contributed by atoms with van der Waals surface area (Å²) in [5, 5.41) is 15.0. The second-order valence-corrected chi connectivity index (χ2v) is 7.95. The molecule has 0 radical (unpaired) electrons. The summed E-state index contributed by atoms with van der Waals surface area (Å²) in [6.07, 6.45) is 0.899. The number of hydrogen-bond donors (Lipinski definition) is 2. The van der Waals surface area contributed by atoms with Crippen LogP contribution in [0.5, 0.6) is 0 Å². The Labute approximate surface area is 124 Å². The van der Waals surface area contributed by atoms with Gasteiger partial charge in [-0.1, -0.05) is 13.8 Å². The zero-order chi connectivity index (χ0) is 14.0. The van der Waals surface area contributed by atoms with E-state index < -0.39 is 5.60 Å². The van der Waals surface area contributed by atoms with Gasteiger partial charge in [0.2, 0.25) is 0 Å². The van der Waals surface area contributed by atoms with E-state index in [9.17, 15) is 5.11 Å². The molecule has 1 aliphatic rings.